The lowest BCUT2D eigenvalue weighted by Gasteiger charge is -2.17. The minimum Gasteiger partial charge on any atom is -0.274 e. The molecule has 0 unspecified atom stereocenters. The third kappa shape index (κ3) is 4.65. The Labute approximate surface area is 212 Å². The van der Waals surface area contributed by atoms with Gasteiger partial charge in [-0.2, -0.15) is 5.10 Å². The van der Waals surface area contributed by atoms with E-state index in [4.69, 9.17) is 9.97 Å². The number of nitrogens with zero attached hydrogens (tertiary/aromatic N) is 4. The first-order valence-corrected chi connectivity index (χ1v) is 13.8. The van der Waals surface area contributed by atoms with Crippen LogP contribution in [0.3, 0.4) is 0 Å². The van der Waals surface area contributed by atoms with Crippen molar-refractivity contribution in [2.45, 2.75) is 57.3 Å². The molecule has 7 nitrogen and oxygen atoms in total. The first-order valence-electron chi connectivity index (χ1n) is 12.3. The third-order valence-electron chi connectivity index (χ3n) is 6.97. The highest BCUT2D eigenvalue weighted by Gasteiger charge is 2.23. The minimum atomic E-state index is -3.87. The summed E-state index contributed by atoms with van der Waals surface area (Å²) in [5, 5.41) is 4.16. The zero-order valence-electron chi connectivity index (χ0n) is 21.1. The van der Waals surface area contributed by atoms with Crippen LogP contribution in [0.2, 0.25) is 0 Å². The summed E-state index contributed by atoms with van der Waals surface area (Å²) in [5.41, 5.74) is 7.22. The van der Waals surface area contributed by atoms with Gasteiger partial charge in [0.2, 0.25) is 0 Å². The van der Waals surface area contributed by atoms with Crippen LogP contribution in [0, 0.1) is 20.8 Å². The maximum Gasteiger partial charge on any atom is 0.266 e. The quantitative estimate of drug-likeness (QED) is 0.354. The van der Waals surface area contributed by atoms with Gasteiger partial charge in [0.15, 0.2) is 5.82 Å². The molecule has 186 valence electrons. The van der Waals surface area contributed by atoms with Crippen molar-refractivity contribution in [2.75, 3.05) is 4.72 Å². The summed E-state index contributed by atoms with van der Waals surface area (Å²) < 4.78 is 30.4. The summed E-state index contributed by atoms with van der Waals surface area (Å²) in [5.74, 6) is 0.752. The number of anilines is 1. The summed E-state index contributed by atoms with van der Waals surface area (Å²) in [7, 11) is -2.18. The molecule has 2 heterocycles. The van der Waals surface area contributed by atoms with Gasteiger partial charge >= 0.3 is 0 Å². The van der Waals surface area contributed by atoms with Crippen molar-refractivity contribution in [3.63, 3.8) is 0 Å². The summed E-state index contributed by atoms with van der Waals surface area (Å²) in [4.78, 5) is 9.72. The monoisotopic (exact) mass is 501 g/mol. The van der Waals surface area contributed by atoms with Crippen molar-refractivity contribution in [3.05, 3.63) is 77.2 Å². The van der Waals surface area contributed by atoms with Crippen LogP contribution in [0.15, 0.2) is 59.8 Å². The lowest BCUT2D eigenvalue weighted by Crippen LogP contribution is -2.15. The van der Waals surface area contributed by atoms with E-state index in [0.29, 0.717) is 17.3 Å². The van der Waals surface area contributed by atoms with E-state index in [1.54, 1.807) is 14.0 Å². The van der Waals surface area contributed by atoms with Gasteiger partial charge in [0.1, 0.15) is 4.90 Å². The van der Waals surface area contributed by atoms with E-state index in [1.165, 1.54) is 48.3 Å². The van der Waals surface area contributed by atoms with Crippen LogP contribution >= 0.6 is 0 Å². The van der Waals surface area contributed by atoms with Crippen LogP contribution in [0.1, 0.15) is 54.0 Å². The van der Waals surface area contributed by atoms with Crippen molar-refractivity contribution in [2.24, 2.45) is 7.05 Å². The molecule has 2 aromatic heterocycles. The normalized spacial score (nSPS) is 14.3. The van der Waals surface area contributed by atoms with E-state index >= 15 is 0 Å². The Balaban J connectivity index is 1.62. The Morgan fingerprint density at radius 1 is 0.972 bits per heavy atom. The van der Waals surface area contributed by atoms with Gasteiger partial charge in [-0.3, -0.25) is 14.4 Å². The fraction of sp³-hybridized carbons (Fsp3) is 0.321. The Kier molecular flexibility index (Phi) is 6.38. The number of aryl methyl sites for hydroxylation is 4. The molecule has 0 saturated heterocycles. The molecule has 8 heteroatoms. The van der Waals surface area contributed by atoms with E-state index in [9.17, 15) is 8.42 Å². The van der Waals surface area contributed by atoms with Gasteiger partial charge in [0.05, 0.1) is 23.3 Å². The molecule has 0 bridgehead atoms. The van der Waals surface area contributed by atoms with E-state index in [-0.39, 0.29) is 10.7 Å². The predicted molar refractivity (Wildman–Crippen MR) is 142 cm³/mol. The molecule has 0 aliphatic heterocycles. The number of sulfonamides is 1. The zero-order valence-corrected chi connectivity index (χ0v) is 21.9. The van der Waals surface area contributed by atoms with Crippen LogP contribution in [0.5, 0.6) is 0 Å². The molecular formula is C28H31N5O2S. The summed E-state index contributed by atoms with van der Waals surface area (Å²) >= 11 is 0. The average molecular weight is 502 g/mol. The van der Waals surface area contributed by atoms with Gasteiger partial charge in [-0.1, -0.05) is 49.2 Å². The molecule has 0 atom stereocenters. The van der Waals surface area contributed by atoms with Crippen molar-refractivity contribution < 1.29 is 8.42 Å². The maximum absolute atomic E-state index is 13.1. The number of nitrogens with one attached hydrogen (secondary N) is 1. The Morgan fingerprint density at radius 2 is 1.67 bits per heavy atom. The molecule has 1 N–H and O–H groups in total. The fourth-order valence-corrected chi connectivity index (χ4v) is 6.45. The molecule has 36 heavy (non-hydrogen) atoms. The van der Waals surface area contributed by atoms with Crippen LogP contribution in [0.4, 0.5) is 5.82 Å². The summed E-state index contributed by atoms with van der Waals surface area (Å²) in [6, 6.07) is 14.7. The van der Waals surface area contributed by atoms with E-state index in [0.717, 1.165) is 27.9 Å². The second-order valence-corrected chi connectivity index (χ2v) is 11.3. The molecule has 4 aromatic rings. The molecule has 1 aliphatic rings. The average Bonchev–Trinajstić information content (AvgIpc) is 3.49. The highest BCUT2D eigenvalue weighted by Crippen LogP contribution is 2.38. The summed E-state index contributed by atoms with van der Waals surface area (Å²) in [6.45, 7) is 5.75. The number of hydrogen-bond acceptors (Lipinski definition) is 5. The van der Waals surface area contributed by atoms with Crippen LogP contribution < -0.4 is 4.72 Å². The summed E-state index contributed by atoms with van der Waals surface area (Å²) in [6.07, 6.45) is 7.96. The highest BCUT2D eigenvalue weighted by atomic mass is 32.2. The molecule has 1 saturated carbocycles. The Morgan fingerprint density at radius 3 is 2.33 bits per heavy atom. The van der Waals surface area contributed by atoms with Crippen molar-refractivity contribution in [1.82, 2.24) is 19.7 Å². The molecule has 0 amide bonds. The minimum absolute atomic E-state index is 0.119. The number of rotatable bonds is 6. The molecule has 2 aromatic carbocycles. The SMILES string of the molecule is Cc1cccc(C)c1-c1nc(NS(=O)(=O)c2cn(C)nc2C)cnc1-c1cccc(C2CCCC2)c1. The van der Waals surface area contributed by atoms with Crippen LogP contribution in [-0.2, 0) is 17.1 Å². The fourth-order valence-electron chi connectivity index (χ4n) is 5.25. The number of aromatic nitrogens is 4. The lowest BCUT2D eigenvalue weighted by molar-refractivity contribution is 0.600. The highest BCUT2D eigenvalue weighted by molar-refractivity contribution is 7.92. The van der Waals surface area contributed by atoms with E-state index < -0.39 is 10.0 Å². The molecule has 5 rings (SSSR count). The smallest absolute Gasteiger partial charge is 0.266 e. The third-order valence-corrected chi connectivity index (χ3v) is 8.43. The van der Waals surface area contributed by atoms with Gasteiger partial charge in [-0.15, -0.1) is 0 Å². The maximum atomic E-state index is 13.1. The van der Waals surface area contributed by atoms with Crippen molar-refractivity contribution in [3.8, 4) is 22.5 Å². The Bertz CT molecular complexity index is 1520. The van der Waals surface area contributed by atoms with E-state index in [2.05, 4.69) is 34.1 Å². The topological polar surface area (TPSA) is 89.8 Å². The second-order valence-electron chi connectivity index (χ2n) is 9.68. The lowest BCUT2D eigenvalue weighted by atomic mass is 9.92. The van der Waals surface area contributed by atoms with Gasteiger partial charge < -0.3 is 0 Å². The van der Waals surface area contributed by atoms with Gasteiger partial charge in [0, 0.05) is 24.4 Å². The van der Waals surface area contributed by atoms with Gasteiger partial charge in [0.25, 0.3) is 10.0 Å². The first-order chi connectivity index (χ1) is 17.2. The van der Waals surface area contributed by atoms with Gasteiger partial charge in [-0.25, -0.2) is 13.4 Å². The largest absolute Gasteiger partial charge is 0.274 e. The molecule has 1 aliphatic carbocycles. The van der Waals surface area contributed by atoms with Gasteiger partial charge in [-0.05, 0) is 62.3 Å². The predicted octanol–water partition coefficient (Wildman–Crippen LogP) is 5.93. The molecular weight excluding hydrogens is 470 g/mol. The van der Waals surface area contributed by atoms with E-state index in [1.807, 2.05) is 32.0 Å². The van der Waals surface area contributed by atoms with Crippen molar-refractivity contribution in [1.29, 1.82) is 0 Å². The second kappa shape index (κ2) is 9.50. The van der Waals surface area contributed by atoms with Crippen LogP contribution in [0.25, 0.3) is 22.5 Å². The first kappa shape index (κ1) is 24.2. The molecule has 1 fully saturated rings. The number of hydrogen-bond donors (Lipinski definition) is 1. The Hall–Kier alpha value is -3.52. The number of benzene rings is 2. The van der Waals surface area contributed by atoms with Crippen LogP contribution in [-0.4, -0.2) is 28.2 Å². The molecule has 0 spiro atoms. The molecule has 0 radical (unpaired) electrons. The zero-order chi connectivity index (χ0) is 25.4. The van der Waals surface area contributed by atoms with Crippen molar-refractivity contribution >= 4 is 15.8 Å². The standard InChI is InChI=1S/C28H31N5O2S/c1-18-9-7-10-19(2)26(18)28-27(23-14-8-13-22(15-23)21-11-5-6-12-21)29-16-25(30-28)32-36(34,35)24-17-33(4)31-20(24)3/h7-10,13-17,21H,5-6,11-12H2,1-4H3,(H,30,32).